The Hall–Kier alpha value is -2.85. The molecule has 194 valence electrons. The highest BCUT2D eigenvalue weighted by atomic mass is 79.9. The first-order valence-corrected chi connectivity index (χ1v) is 13.1. The number of ether oxygens (including phenoxy) is 1. The van der Waals surface area contributed by atoms with Gasteiger partial charge in [0.1, 0.15) is 17.2 Å². The van der Waals surface area contributed by atoms with Gasteiger partial charge < -0.3 is 24.8 Å². The molecule has 3 amide bonds. The van der Waals surface area contributed by atoms with Gasteiger partial charge in [-0.15, -0.1) is 0 Å². The number of hydrogen-bond acceptors (Lipinski definition) is 5. The highest BCUT2D eigenvalue weighted by molar-refractivity contribution is 9.10. The Kier molecular flexibility index (Phi) is 8.91. The molecule has 0 bridgehead atoms. The molecule has 4 rings (SSSR count). The lowest BCUT2D eigenvalue weighted by atomic mass is 10.2. The number of nitrogens with zero attached hydrogens (tertiary/aromatic N) is 4. The average molecular weight is 607 g/mol. The summed E-state index contributed by atoms with van der Waals surface area (Å²) in [6.07, 6.45) is 1.52. The number of likely N-dealkylation sites (N-methyl/N-ethyl adjacent to an activating group) is 1. The van der Waals surface area contributed by atoms with Gasteiger partial charge in [0.25, 0.3) is 5.91 Å². The summed E-state index contributed by atoms with van der Waals surface area (Å²) in [7, 11) is 3.71. The maximum atomic E-state index is 13.0. The molecule has 0 spiro atoms. The molecule has 0 unspecified atom stereocenters. The Labute approximate surface area is 234 Å². The fraction of sp³-hybridized carbons (Fsp3) is 0.269. The second-order valence-electron chi connectivity index (χ2n) is 8.77. The quantitative estimate of drug-likeness (QED) is 0.373. The predicted molar refractivity (Wildman–Crippen MR) is 149 cm³/mol. The van der Waals surface area contributed by atoms with Crippen LogP contribution in [-0.2, 0) is 6.54 Å². The molecule has 1 N–H and O–H groups in total. The lowest BCUT2D eigenvalue weighted by molar-refractivity contribution is 0.0658. The molecule has 8 nitrogen and oxygen atoms in total. The van der Waals surface area contributed by atoms with Gasteiger partial charge in [0, 0.05) is 65.2 Å². The molecule has 0 saturated carbocycles. The van der Waals surface area contributed by atoms with Gasteiger partial charge in [-0.2, -0.15) is 0 Å². The molecule has 11 heteroatoms. The first kappa shape index (κ1) is 27.2. The van der Waals surface area contributed by atoms with Gasteiger partial charge in [-0.3, -0.25) is 9.78 Å². The van der Waals surface area contributed by atoms with Crippen molar-refractivity contribution >= 4 is 56.8 Å². The van der Waals surface area contributed by atoms with E-state index in [2.05, 4.69) is 31.1 Å². The number of halogens is 3. The SMILES string of the molecule is CN1CCN(C(=O)c2cc(NC(=O)N(C)Cc3ccc(Br)cc3Oc3cc(Cl)cc(Cl)c3)ccn2)CC1. The van der Waals surface area contributed by atoms with Crippen molar-refractivity contribution in [3.63, 3.8) is 0 Å². The molecular formula is C26H26BrCl2N5O3. The monoisotopic (exact) mass is 605 g/mol. The van der Waals surface area contributed by atoms with E-state index in [9.17, 15) is 9.59 Å². The van der Waals surface area contributed by atoms with E-state index in [1.165, 1.54) is 11.1 Å². The summed E-state index contributed by atoms with van der Waals surface area (Å²) in [4.78, 5) is 35.5. The second kappa shape index (κ2) is 12.1. The topological polar surface area (TPSA) is 78.0 Å². The van der Waals surface area contributed by atoms with Crippen molar-refractivity contribution in [1.29, 1.82) is 0 Å². The Morgan fingerprint density at radius 1 is 1.05 bits per heavy atom. The zero-order valence-corrected chi connectivity index (χ0v) is 23.5. The van der Waals surface area contributed by atoms with Crippen LogP contribution in [0.5, 0.6) is 11.5 Å². The minimum absolute atomic E-state index is 0.143. The lowest BCUT2D eigenvalue weighted by Crippen LogP contribution is -2.47. The third kappa shape index (κ3) is 7.35. The maximum Gasteiger partial charge on any atom is 0.321 e. The summed E-state index contributed by atoms with van der Waals surface area (Å²) in [5, 5.41) is 3.76. The molecule has 1 aliphatic rings. The number of anilines is 1. The molecule has 1 aliphatic heterocycles. The Morgan fingerprint density at radius 3 is 2.46 bits per heavy atom. The summed E-state index contributed by atoms with van der Waals surface area (Å²) in [6.45, 7) is 3.20. The maximum absolute atomic E-state index is 13.0. The van der Waals surface area contributed by atoms with Gasteiger partial charge in [-0.25, -0.2) is 4.79 Å². The van der Waals surface area contributed by atoms with Crippen LogP contribution in [0.2, 0.25) is 10.0 Å². The van der Waals surface area contributed by atoms with Crippen molar-refractivity contribution in [2.45, 2.75) is 6.54 Å². The fourth-order valence-electron chi connectivity index (χ4n) is 3.81. The number of carbonyl (C=O) groups is 2. The number of urea groups is 1. The summed E-state index contributed by atoms with van der Waals surface area (Å²) >= 11 is 15.7. The van der Waals surface area contributed by atoms with E-state index in [1.807, 2.05) is 25.2 Å². The van der Waals surface area contributed by atoms with Crippen LogP contribution in [0.4, 0.5) is 10.5 Å². The number of amides is 3. The summed E-state index contributed by atoms with van der Waals surface area (Å²) in [6, 6.07) is 13.4. The van der Waals surface area contributed by atoms with Crippen LogP contribution in [0.15, 0.2) is 59.2 Å². The Morgan fingerprint density at radius 2 is 1.76 bits per heavy atom. The zero-order chi connectivity index (χ0) is 26.5. The van der Waals surface area contributed by atoms with Crippen LogP contribution in [0.25, 0.3) is 0 Å². The number of benzene rings is 2. The van der Waals surface area contributed by atoms with Gasteiger partial charge in [-0.05, 0) is 49.5 Å². The van der Waals surface area contributed by atoms with Gasteiger partial charge in [-0.1, -0.05) is 45.2 Å². The molecule has 0 aliphatic carbocycles. The molecule has 0 atom stereocenters. The molecule has 2 aromatic carbocycles. The van der Waals surface area contributed by atoms with Crippen molar-refractivity contribution in [3.05, 3.63) is 80.5 Å². The van der Waals surface area contributed by atoms with E-state index < -0.39 is 0 Å². The average Bonchev–Trinajstić information content (AvgIpc) is 2.85. The van der Waals surface area contributed by atoms with Crippen molar-refractivity contribution in [3.8, 4) is 11.5 Å². The molecule has 2 heterocycles. The molecule has 37 heavy (non-hydrogen) atoms. The van der Waals surface area contributed by atoms with E-state index in [4.69, 9.17) is 27.9 Å². The van der Waals surface area contributed by atoms with E-state index in [1.54, 1.807) is 42.3 Å². The molecule has 0 radical (unpaired) electrons. The number of carbonyl (C=O) groups excluding carboxylic acids is 2. The summed E-state index contributed by atoms with van der Waals surface area (Å²) in [5.41, 5.74) is 1.57. The van der Waals surface area contributed by atoms with E-state index in [0.29, 0.717) is 46.0 Å². The van der Waals surface area contributed by atoms with Crippen molar-refractivity contribution in [1.82, 2.24) is 19.7 Å². The van der Waals surface area contributed by atoms with Gasteiger partial charge in [0.15, 0.2) is 0 Å². The standard InChI is InChI=1S/C26H26BrCl2N5O3/c1-32-7-9-34(10-8-32)25(35)23-15-21(5-6-30-23)31-26(36)33(2)16-17-3-4-18(27)11-24(17)37-22-13-19(28)12-20(29)14-22/h3-6,11-15H,7-10,16H2,1-2H3,(H,30,31,36). The number of hydrogen-bond donors (Lipinski definition) is 1. The highest BCUT2D eigenvalue weighted by Gasteiger charge is 2.22. The number of piperazine rings is 1. The first-order chi connectivity index (χ1) is 17.7. The van der Waals surface area contributed by atoms with Crippen molar-refractivity contribution in [2.75, 3.05) is 45.6 Å². The van der Waals surface area contributed by atoms with Crippen LogP contribution < -0.4 is 10.1 Å². The fourth-order valence-corrected chi connectivity index (χ4v) is 4.66. The summed E-state index contributed by atoms with van der Waals surface area (Å²) in [5.74, 6) is 0.893. The third-order valence-electron chi connectivity index (χ3n) is 5.87. The van der Waals surface area contributed by atoms with E-state index >= 15 is 0 Å². The third-order valence-corrected chi connectivity index (χ3v) is 6.80. The molecule has 1 fully saturated rings. The summed E-state index contributed by atoms with van der Waals surface area (Å²) < 4.78 is 6.87. The number of nitrogens with one attached hydrogen (secondary N) is 1. The zero-order valence-electron chi connectivity index (χ0n) is 20.4. The van der Waals surface area contributed by atoms with Crippen LogP contribution >= 0.6 is 39.1 Å². The largest absolute Gasteiger partial charge is 0.457 e. The van der Waals surface area contributed by atoms with Crippen LogP contribution in [0, 0.1) is 0 Å². The van der Waals surface area contributed by atoms with Gasteiger partial charge in [0.05, 0.1) is 6.54 Å². The molecular weight excluding hydrogens is 581 g/mol. The smallest absolute Gasteiger partial charge is 0.321 e. The predicted octanol–water partition coefficient (Wildman–Crippen LogP) is 5.99. The van der Waals surface area contributed by atoms with Crippen LogP contribution in [0.3, 0.4) is 0 Å². The molecule has 1 aromatic heterocycles. The lowest BCUT2D eigenvalue weighted by Gasteiger charge is -2.32. The van der Waals surface area contributed by atoms with Crippen LogP contribution in [-0.4, -0.2) is 71.9 Å². The van der Waals surface area contributed by atoms with Gasteiger partial charge in [0.2, 0.25) is 0 Å². The number of pyridine rings is 1. The van der Waals surface area contributed by atoms with Crippen LogP contribution in [0.1, 0.15) is 16.1 Å². The first-order valence-electron chi connectivity index (χ1n) is 11.6. The molecule has 1 saturated heterocycles. The Balaban J connectivity index is 1.43. The van der Waals surface area contributed by atoms with Crippen molar-refractivity contribution < 1.29 is 14.3 Å². The van der Waals surface area contributed by atoms with E-state index in [0.717, 1.165) is 23.1 Å². The van der Waals surface area contributed by atoms with E-state index in [-0.39, 0.29) is 18.5 Å². The number of rotatable bonds is 6. The highest BCUT2D eigenvalue weighted by Crippen LogP contribution is 2.32. The molecule has 3 aromatic rings. The minimum atomic E-state index is -0.344. The normalized spacial score (nSPS) is 13.8. The van der Waals surface area contributed by atoms with Gasteiger partial charge >= 0.3 is 6.03 Å². The Bertz CT molecular complexity index is 1280. The second-order valence-corrected chi connectivity index (χ2v) is 10.6. The van der Waals surface area contributed by atoms with Crippen molar-refractivity contribution in [2.24, 2.45) is 0 Å². The minimum Gasteiger partial charge on any atom is -0.457 e. The number of aromatic nitrogens is 1.